The second kappa shape index (κ2) is 34.9. The molecule has 0 amide bonds. The summed E-state index contributed by atoms with van der Waals surface area (Å²) in [4.78, 5) is 44.5. The number of nitrogens with zero attached hydrogens (tertiary/aromatic N) is 16. The van der Waals surface area contributed by atoms with E-state index >= 15 is 0 Å². The van der Waals surface area contributed by atoms with Gasteiger partial charge in [-0.25, -0.2) is 58.2 Å². The van der Waals surface area contributed by atoms with Crippen LogP contribution in [-0.4, -0.2) is 103 Å². The van der Waals surface area contributed by atoms with Gasteiger partial charge >= 0.3 is 43.7 Å². The molecular formula is C78H51F22N21O2. The Kier molecular flexibility index (Phi) is 24.4. The third-order valence-corrected chi connectivity index (χ3v) is 17.0. The van der Waals surface area contributed by atoms with Crippen LogP contribution in [0, 0.1) is 18.6 Å². The number of halogens is 22. The molecule has 0 aliphatic rings. The smallest absolute Gasteiger partial charge is 0.435 e. The molecule has 634 valence electrons. The first kappa shape index (κ1) is 86.0. The molecule has 0 aliphatic carbocycles. The second-order valence-electron chi connectivity index (χ2n) is 25.5. The lowest BCUT2D eigenvalue weighted by Gasteiger charge is -2.13. The summed E-state index contributed by atoms with van der Waals surface area (Å²) in [5.74, 6) is -0.488. The molecule has 0 bridgehead atoms. The number of aliphatic hydroxyl groups excluding tert-OH is 1. The Morgan fingerprint density at radius 1 is 0.407 bits per heavy atom. The zero-order valence-electron chi connectivity index (χ0n) is 61.7. The van der Waals surface area contributed by atoms with Gasteiger partial charge < -0.3 is 36.4 Å². The summed E-state index contributed by atoms with van der Waals surface area (Å²) in [7, 11) is 0. The number of ether oxygens (including phenoxy) is 1. The number of rotatable bonds is 17. The number of imidazole rings is 3. The molecule has 5 aromatic carbocycles. The standard InChI is InChI=1S/C21H19F3N6O.C19H10F7N5.C19H11F6N5O.C19H11F6N5/c1-13-26-16-4-2-3-5-17(16)30(13)20-28-18(25-10-11-31)12-19(29-20)27-15-8-6-14(7-9-15)21(22,23)24;20-11-3-6-14-30-16(19(24,25)26)15(31(14)9-11)17-27-8-7-13(29-17)28-12-4-1-10(2-5-12)18(21,22)23;20-10-1-6-14-29-16(19(23,24)25)15(30(14)9-10)17-26-8-7-13(28-17)27-11-2-4-12(5-3-11)31-18(21)22;20-18(21,22)11-4-6-12(7-5-11)27-14-8-9-26-17(28-14)15-13-3-1-2-10-30(13)29-16(15)19(23,24)25/h2-9,12,31H,10-11H2,1H3,(H2,25,27,28,29);1-9H,(H,27,28,29);1-9,18H,(H,26,27,28);1-10H,(H,26,27,28). The van der Waals surface area contributed by atoms with Crippen molar-refractivity contribution >= 4 is 79.7 Å². The van der Waals surface area contributed by atoms with Gasteiger partial charge in [0.05, 0.1) is 45.4 Å². The van der Waals surface area contributed by atoms with Crippen LogP contribution in [0.2, 0.25) is 0 Å². The van der Waals surface area contributed by atoms with E-state index in [1.807, 2.05) is 31.2 Å². The van der Waals surface area contributed by atoms with Crippen LogP contribution in [0.25, 0.3) is 68.2 Å². The molecule has 0 saturated heterocycles. The molecule has 0 atom stereocenters. The number of pyridine rings is 3. The molecule has 0 unspecified atom stereocenters. The first-order valence-electron chi connectivity index (χ1n) is 35.1. The van der Waals surface area contributed by atoms with Crippen molar-refractivity contribution < 1.29 is 106 Å². The number of fused-ring (bicyclic) bond motifs is 4. The second-order valence-corrected chi connectivity index (χ2v) is 25.5. The average Bonchev–Trinajstić information content (AvgIpc) is 1.63. The lowest BCUT2D eigenvalue weighted by Crippen LogP contribution is -2.11. The van der Waals surface area contributed by atoms with Crippen LogP contribution < -0.4 is 31.3 Å². The van der Waals surface area contributed by atoms with Crippen molar-refractivity contribution in [3.05, 3.63) is 276 Å². The fourth-order valence-electron chi connectivity index (χ4n) is 11.7. The third kappa shape index (κ3) is 20.7. The number of benzene rings is 5. The van der Waals surface area contributed by atoms with Gasteiger partial charge in [-0.3, -0.25) is 13.4 Å². The van der Waals surface area contributed by atoms with Crippen LogP contribution in [0.1, 0.15) is 39.6 Å². The maximum Gasteiger partial charge on any atom is 0.435 e. The molecule has 11 heterocycles. The van der Waals surface area contributed by atoms with Gasteiger partial charge in [-0.15, -0.1) is 0 Å². The van der Waals surface area contributed by atoms with E-state index in [1.54, 1.807) is 16.7 Å². The molecule has 6 N–H and O–H groups in total. The van der Waals surface area contributed by atoms with Crippen LogP contribution in [0.3, 0.4) is 0 Å². The molecule has 0 saturated carbocycles. The molecular weight excluding hydrogens is 1680 g/mol. The van der Waals surface area contributed by atoms with Gasteiger partial charge in [-0.05, 0) is 171 Å². The highest BCUT2D eigenvalue weighted by Crippen LogP contribution is 2.42. The van der Waals surface area contributed by atoms with Crippen molar-refractivity contribution in [3.8, 4) is 46.1 Å². The number of hydrogen-bond acceptors (Lipinski definition) is 19. The zero-order valence-corrected chi connectivity index (χ0v) is 61.7. The molecule has 0 fully saturated rings. The summed E-state index contributed by atoms with van der Waals surface area (Å²) in [6, 6.07) is 40.2. The molecule has 23 nitrogen and oxygen atoms in total. The molecule has 11 aromatic heterocycles. The predicted octanol–water partition coefficient (Wildman–Crippen LogP) is 20.9. The van der Waals surface area contributed by atoms with E-state index in [0.29, 0.717) is 34.8 Å². The summed E-state index contributed by atoms with van der Waals surface area (Å²) in [5, 5.41) is 27.0. The van der Waals surface area contributed by atoms with Crippen molar-refractivity contribution in [1.29, 1.82) is 0 Å². The van der Waals surface area contributed by atoms with E-state index in [4.69, 9.17) is 5.11 Å². The predicted molar refractivity (Wildman–Crippen MR) is 401 cm³/mol. The quantitative estimate of drug-likeness (QED) is 0.0463. The summed E-state index contributed by atoms with van der Waals surface area (Å²) < 4.78 is 297. The van der Waals surface area contributed by atoms with Crippen molar-refractivity contribution in [2.75, 3.05) is 39.7 Å². The van der Waals surface area contributed by atoms with E-state index < -0.39 is 106 Å². The van der Waals surface area contributed by atoms with E-state index in [2.05, 4.69) is 91.2 Å². The highest BCUT2D eigenvalue weighted by molar-refractivity contribution is 5.81. The zero-order chi connectivity index (χ0) is 88.1. The Morgan fingerprint density at radius 2 is 0.813 bits per heavy atom. The van der Waals surface area contributed by atoms with Gasteiger partial charge in [0.15, 0.2) is 34.6 Å². The topological polar surface area (TPSA) is 262 Å². The summed E-state index contributed by atoms with van der Waals surface area (Å²) in [6.07, 6.45) is -21.1. The molecule has 0 spiro atoms. The van der Waals surface area contributed by atoms with E-state index in [9.17, 15) is 96.6 Å². The fraction of sp³-hybridized carbons (Fsp3) is 0.128. The van der Waals surface area contributed by atoms with Crippen molar-refractivity contribution in [3.63, 3.8) is 0 Å². The maximum atomic E-state index is 13.7. The number of hydrogen-bond donors (Lipinski definition) is 6. The van der Waals surface area contributed by atoms with Gasteiger partial charge in [0.25, 0.3) is 0 Å². The number of alkyl halides is 20. The normalized spacial score (nSPS) is 12.0. The monoisotopic (exact) mass is 1730 g/mol. The number of aryl methyl sites for hydroxylation is 1. The fourth-order valence-corrected chi connectivity index (χ4v) is 11.7. The first-order valence-corrected chi connectivity index (χ1v) is 35.1. The Balaban J connectivity index is 0.000000141. The van der Waals surface area contributed by atoms with Crippen LogP contribution >= 0.6 is 0 Å². The van der Waals surface area contributed by atoms with E-state index in [1.165, 1.54) is 97.5 Å². The minimum Gasteiger partial charge on any atom is -0.435 e. The van der Waals surface area contributed by atoms with Gasteiger partial charge in [0, 0.05) is 72.5 Å². The Morgan fingerprint density at radius 3 is 1.25 bits per heavy atom. The molecule has 0 aliphatic heterocycles. The molecule has 16 aromatic rings. The first-order chi connectivity index (χ1) is 58.2. The Labute approximate surface area is 674 Å². The van der Waals surface area contributed by atoms with Crippen molar-refractivity contribution in [2.45, 2.75) is 50.6 Å². The minimum absolute atomic E-state index is 0.0178. The SMILES string of the molecule is Cc1nc2ccccc2n1-c1nc(NCCO)cc(Nc2ccc(C(F)(F)F)cc2)n1.FC(F)(F)c1ccc(Nc2ccnc(-c3c(C(F)(F)F)nn4ccccc34)n2)cc1.Fc1ccc2nc(C(F)(F)F)c(-c3nccc(Nc4ccc(C(F)(F)F)cc4)n3)n2c1.Fc1ccc2nc(C(F)(F)F)c(-c3nccc(Nc4ccc(OC(F)F)cc4)n3)n2c1. The Hall–Kier alpha value is -14.8. The van der Waals surface area contributed by atoms with Gasteiger partial charge in [-0.1, -0.05) is 18.2 Å². The number of para-hydroxylation sites is 2. The molecule has 45 heteroatoms. The summed E-state index contributed by atoms with van der Waals surface area (Å²) in [6.45, 7) is -0.949. The minimum atomic E-state index is -4.86. The highest BCUT2D eigenvalue weighted by atomic mass is 19.4. The number of anilines is 9. The average molecular weight is 1730 g/mol. The lowest BCUT2D eigenvalue weighted by atomic mass is 10.1. The number of aliphatic hydroxyl groups is 1. The van der Waals surface area contributed by atoms with E-state index in [-0.39, 0.29) is 81.8 Å². The van der Waals surface area contributed by atoms with Gasteiger partial charge in [-0.2, -0.15) is 103 Å². The summed E-state index contributed by atoms with van der Waals surface area (Å²) >= 11 is 0. The van der Waals surface area contributed by atoms with Crippen molar-refractivity contribution in [2.24, 2.45) is 0 Å². The van der Waals surface area contributed by atoms with Crippen LogP contribution in [0.15, 0.2) is 225 Å². The lowest BCUT2D eigenvalue weighted by molar-refractivity contribution is -0.141. The number of nitrogens with one attached hydrogen (secondary N) is 5. The number of aromatic nitrogens is 16. The Bertz CT molecular complexity index is 6410. The van der Waals surface area contributed by atoms with Gasteiger partial charge in [0.1, 0.15) is 75.0 Å². The largest absolute Gasteiger partial charge is 0.435 e. The van der Waals surface area contributed by atoms with Crippen LogP contribution in [0.5, 0.6) is 5.75 Å². The van der Waals surface area contributed by atoms with Gasteiger partial charge in [0.2, 0.25) is 5.95 Å². The van der Waals surface area contributed by atoms with Crippen molar-refractivity contribution in [1.82, 2.24) is 77.8 Å². The highest BCUT2D eigenvalue weighted by Gasteiger charge is 2.43. The van der Waals surface area contributed by atoms with Crippen LogP contribution in [-0.2, 0) is 37.1 Å². The summed E-state index contributed by atoms with van der Waals surface area (Å²) in [5.41, 5.74) is -4.66. The third-order valence-electron chi connectivity index (χ3n) is 17.0. The molecule has 16 rings (SSSR count). The molecule has 0 radical (unpaired) electrons. The van der Waals surface area contributed by atoms with Crippen LogP contribution in [0.4, 0.5) is 148 Å². The van der Waals surface area contributed by atoms with E-state index in [0.717, 1.165) is 116 Å². The molecule has 123 heavy (non-hydrogen) atoms. The maximum absolute atomic E-state index is 13.7.